The monoisotopic (exact) mass is 402 g/mol. The lowest BCUT2D eigenvalue weighted by atomic mass is 9.85. The van der Waals surface area contributed by atoms with Crippen molar-refractivity contribution in [2.45, 2.75) is 32.5 Å². The van der Waals surface area contributed by atoms with Crippen LogP contribution in [-0.4, -0.2) is 22.1 Å². The molecule has 10 nitrogen and oxygen atoms in total. The number of hydrogen-bond donors (Lipinski definition) is 2. The molecule has 1 aliphatic rings. The van der Waals surface area contributed by atoms with Gasteiger partial charge in [0.15, 0.2) is 5.76 Å². The highest BCUT2D eigenvalue weighted by Crippen LogP contribution is 2.44. The van der Waals surface area contributed by atoms with Gasteiger partial charge in [-0.1, -0.05) is 18.2 Å². The van der Waals surface area contributed by atoms with Crippen LogP contribution in [0.25, 0.3) is 0 Å². The minimum Gasteiger partial charge on any atom is -0.459 e. The topological polar surface area (TPSA) is 155 Å². The molecule has 1 aromatic heterocycles. The number of esters is 1. The van der Waals surface area contributed by atoms with E-state index in [1.165, 1.54) is 24.3 Å². The van der Waals surface area contributed by atoms with Crippen molar-refractivity contribution in [1.29, 1.82) is 0 Å². The first kappa shape index (κ1) is 20.1. The predicted molar refractivity (Wildman–Crippen MR) is 98.9 cm³/mol. The molecule has 3 N–H and O–H groups in total. The number of nitro groups is 1. The summed E-state index contributed by atoms with van der Waals surface area (Å²) in [4.78, 5) is 36.1. The first-order chi connectivity index (χ1) is 13.7. The van der Waals surface area contributed by atoms with Gasteiger partial charge in [0.05, 0.1) is 16.9 Å². The van der Waals surface area contributed by atoms with E-state index in [0.717, 1.165) is 6.07 Å². The number of benzene rings is 1. The lowest BCUT2D eigenvalue weighted by Gasteiger charge is -2.27. The summed E-state index contributed by atoms with van der Waals surface area (Å²) < 4.78 is 16.1. The maximum Gasteiger partial charge on any atom is 0.340 e. The Labute approximate surface area is 164 Å². The maximum absolute atomic E-state index is 12.8. The van der Waals surface area contributed by atoms with E-state index in [1.54, 1.807) is 13.8 Å². The van der Waals surface area contributed by atoms with E-state index in [9.17, 15) is 24.8 Å². The Bertz CT molecular complexity index is 1070. The average molecular weight is 402 g/mol. The van der Waals surface area contributed by atoms with E-state index in [4.69, 9.17) is 19.6 Å². The highest BCUT2D eigenvalue weighted by Gasteiger charge is 2.42. The standard InChI is InChI=1S/C19H18N2O8/c1-9(2)27-19(24)15-14(11-5-3-4-6-12(11)21(25)26)17-16(29-18(15)20)13(23)7-10(8-22)28-17/h3-7,9,14,22H,8,20H2,1-2H3/t14-/m1/s1. The van der Waals surface area contributed by atoms with Crippen molar-refractivity contribution in [3.63, 3.8) is 0 Å². The van der Waals surface area contributed by atoms with Crippen LogP contribution in [-0.2, 0) is 16.1 Å². The number of aliphatic hydroxyl groups excluding tert-OH is 1. The highest BCUT2D eigenvalue weighted by atomic mass is 16.6. The molecule has 1 aromatic carbocycles. The molecule has 0 saturated carbocycles. The zero-order valence-corrected chi connectivity index (χ0v) is 15.6. The number of rotatable bonds is 5. The fraction of sp³-hybridized carbons (Fsp3) is 0.263. The van der Waals surface area contributed by atoms with Crippen LogP contribution in [0.1, 0.15) is 36.8 Å². The van der Waals surface area contributed by atoms with Crippen molar-refractivity contribution in [3.8, 4) is 5.75 Å². The van der Waals surface area contributed by atoms with Crippen molar-refractivity contribution in [2.75, 3.05) is 0 Å². The molecule has 0 fully saturated rings. The number of nitrogens with zero attached hydrogens (tertiary/aromatic N) is 1. The lowest BCUT2D eigenvalue weighted by molar-refractivity contribution is -0.385. The zero-order chi connectivity index (χ0) is 21.3. The van der Waals surface area contributed by atoms with Gasteiger partial charge >= 0.3 is 5.97 Å². The van der Waals surface area contributed by atoms with Crippen molar-refractivity contribution >= 4 is 11.7 Å². The van der Waals surface area contributed by atoms with E-state index in [1.807, 2.05) is 0 Å². The number of aliphatic hydroxyl groups is 1. The van der Waals surface area contributed by atoms with Crippen LogP contribution in [0.5, 0.6) is 5.75 Å². The van der Waals surface area contributed by atoms with E-state index < -0.39 is 40.8 Å². The SMILES string of the molecule is CC(C)OC(=O)C1=C(N)Oc2c(oc(CO)cc2=O)[C@@H]1c1ccccc1[N+](=O)[O-]. The molecule has 0 saturated heterocycles. The number of carbonyl (C=O) groups excluding carboxylic acids is 1. The van der Waals surface area contributed by atoms with Gasteiger partial charge in [0.2, 0.25) is 17.1 Å². The van der Waals surface area contributed by atoms with Gasteiger partial charge in [-0.15, -0.1) is 0 Å². The molecule has 0 amide bonds. The van der Waals surface area contributed by atoms with Crippen LogP contribution in [0.15, 0.2) is 51.0 Å². The Morgan fingerprint density at radius 2 is 2.07 bits per heavy atom. The quantitative estimate of drug-likeness (QED) is 0.431. The number of carbonyl (C=O) groups is 1. The number of para-hydroxylation sites is 1. The summed E-state index contributed by atoms with van der Waals surface area (Å²) >= 11 is 0. The van der Waals surface area contributed by atoms with Crippen molar-refractivity contribution in [1.82, 2.24) is 0 Å². The number of nitro benzene ring substituents is 1. The molecule has 2 heterocycles. The first-order valence-corrected chi connectivity index (χ1v) is 8.64. The minimum absolute atomic E-state index is 0.0546. The Hall–Kier alpha value is -3.66. The second-order valence-electron chi connectivity index (χ2n) is 6.51. The third-order valence-electron chi connectivity index (χ3n) is 4.17. The third kappa shape index (κ3) is 3.69. The first-order valence-electron chi connectivity index (χ1n) is 8.64. The molecule has 29 heavy (non-hydrogen) atoms. The van der Waals surface area contributed by atoms with Crippen LogP contribution >= 0.6 is 0 Å². The summed E-state index contributed by atoms with van der Waals surface area (Å²) in [5.41, 5.74) is 4.77. The summed E-state index contributed by atoms with van der Waals surface area (Å²) in [7, 11) is 0. The maximum atomic E-state index is 12.8. The molecule has 0 aliphatic carbocycles. The van der Waals surface area contributed by atoms with Gasteiger partial charge in [-0.25, -0.2) is 4.79 Å². The summed E-state index contributed by atoms with van der Waals surface area (Å²) in [5, 5.41) is 21.0. The molecule has 0 radical (unpaired) electrons. The zero-order valence-electron chi connectivity index (χ0n) is 15.6. The normalized spacial score (nSPS) is 15.7. The molecular weight excluding hydrogens is 384 g/mol. The molecule has 1 aliphatic heterocycles. The number of hydrogen-bond acceptors (Lipinski definition) is 9. The third-order valence-corrected chi connectivity index (χ3v) is 4.17. The smallest absolute Gasteiger partial charge is 0.340 e. The number of nitrogens with two attached hydrogens (primary N) is 1. The Balaban J connectivity index is 2.33. The van der Waals surface area contributed by atoms with Gasteiger partial charge in [0, 0.05) is 17.7 Å². The molecule has 152 valence electrons. The van der Waals surface area contributed by atoms with Crippen molar-refractivity contribution in [2.24, 2.45) is 5.73 Å². The van der Waals surface area contributed by atoms with E-state index in [0.29, 0.717) is 0 Å². The summed E-state index contributed by atoms with van der Waals surface area (Å²) in [6.45, 7) is 2.64. The van der Waals surface area contributed by atoms with Crippen LogP contribution in [0.3, 0.4) is 0 Å². The summed E-state index contributed by atoms with van der Waals surface area (Å²) in [5.74, 6) is -3.13. The van der Waals surface area contributed by atoms with Crippen LogP contribution in [0.4, 0.5) is 5.69 Å². The van der Waals surface area contributed by atoms with Crippen LogP contribution < -0.4 is 15.9 Å². The van der Waals surface area contributed by atoms with Gasteiger partial charge in [0.25, 0.3) is 5.69 Å². The van der Waals surface area contributed by atoms with Gasteiger partial charge < -0.3 is 24.7 Å². The molecule has 3 rings (SSSR count). The number of ether oxygens (including phenoxy) is 2. The summed E-state index contributed by atoms with van der Waals surface area (Å²) in [6.07, 6.45) is -0.508. The molecule has 0 unspecified atom stereocenters. The van der Waals surface area contributed by atoms with E-state index in [-0.39, 0.29) is 34.1 Å². The molecule has 0 spiro atoms. The van der Waals surface area contributed by atoms with E-state index in [2.05, 4.69) is 0 Å². The molecule has 0 bridgehead atoms. The molecule has 2 aromatic rings. The van der Waals surface area contributed by atoms with E-state index >= 15 is 0 Å². The number of fused-ring (bicyclic) bond motifs is 1. The summed E-state index contributed by atoms with van der Waals surface area (Å²) in [6, 6.07) is 6.67. The molecule has 1 atom stereocenters. The van der Waals surface area contributed by atoms with Crippen molar-refractivity contribution in [3.05, 3.63) is 79.2 Å². The second-order valence-corrected chi connectivity index (χ2v) is 6.51. The fourth-order valence-electron chi connectivity index (χ4n) is 3.05. The Morgan fingerprint density at radius 3 is 2.69 bits per heavy atom. The fourth-order valence-corrected chi connectivity index (χ4v) is 3.05. The highest BCUT2D eigenvalue weighted by molar-refractivity contribution is 5.92. The van der Waals surface area contributed by atoms with Crippen LogP contribution in [0, 0.1) is 10.1 Å². The Morgan fingerprint density at radius 1 is 1.38 bits per heavy atom. The van der Waals surface area contributed by atoms with Gasteiger partial charge in [0.1, 0.15) is 17.9 Å². The van der Waals surface area contributed by atoms with Gasteiger partial charge in [-0.2, -0.15) is 0 Å². The minimum atomic E-state index is -1.24. The Kier molecular flexibility index (Phi) is 5.37. The predicted octanol–water partition coefficient (Wildman–Crippen LogP) is 1.69. The second kappa shape index (κ2) is 7.76. The molecular formula is C19H18N2O8. The van der Waals surface area contributed by atoms with Crippen molar-refractivity contribution < 1.29 is 28.7 Å². The largest absolute Gasteiger partial charge is 0.459 e. The van der Waals surface area contributed by atoms with Gasteiger partial charge in [-0.3, -0.25) is 14.9 Å². The lowest BCUT2D eigenvalue weighted by Crippen LogP contribution is -2.31. The van der Waals surface area contributed by atoms with Crippen LogP contribution in [0.2, 0.25) is 0 Å². The average Bonchev–Trinajstić information content (AvgIpc) is 2.66. The van der Waals surface area contributed by atoms with Gasteiger partial charge in [-0.05, 0) is 13.8 Å². The molecule has 10 heteroatoms.